The molecule has 136 valence electrons. The molecule has 3 rings (SSSR count). The van der Waals surface area contributed by atoms with Gasteiger partial charge < -0.3 is 10.1 Å². The fraction of sp³-hybridized carbons (Fsp3) is 0.500. The zero-order chi connectivity index (χ0) is 17.9. The normalized spacial score (nSPS) is 18.6. The number of ether oxygens (including phenoxy) is 1. The molecule has 1 aromatic carbocycles. The average molecular weight is 365 g/mol. The van der Waals surface area contributed by atoms with Gasteiger partial charge in [-0.25, -0.2) is 13.4 Å². The van der Waals surface area contributed by atoms with Crippen LogP contribution in [0.4, 0.5) is 0 Å². The summed E-state index contributed by atoms with van der Waals surface area (Å²) in [4.78, 5) is 4.38. The van der Waals surface area contributed by atoms with Gasteiger partial charge >= 0.3 is 0 Å². The Morgan fingerprint density at radius 2 is 2.08 bits per heavy atom. The van der Waals surface area contributed by atoms with Crippen LogP contribution in [0.25, 0.3) is 0 Å². The molecule has 1 fully saturated rings. The maximum absolute atomic E-state index is 12.9. The van der Waals surface area contributed by atoms with Crippen molar-refractivity contribution in [2.75, 3.05) is 20.1 Å². The van der Waals surface area contributed by atoms with E-state index >= 15 is 0 Å². The molecule has 0 bridgehead atoms. The van der Waals surface area contributed by atoms with Crippen LogP contribution in [0, 0.1) is 0 Å². The van der Waals surface area contributed by atoms with Crippen LogP contribution in [-0.4, -0.2) is 53.7 Å². The zero-order valence-corrected chi connectivity index (χ0v) is 15.2. The Hall–Kier alpha value is -1.97. The lowest BCUT2D eigenvalue weighted by Crippen LogP contribution is -2.40. The highest BCUT2D eigenvalue weighted by Gasteiger charge is 2.34. The topological polar surface area (TPSA) is 89.3 Å². The van der Waals surface area contributed by atoms with Gasteiger partial charge in [0.15, 0.2) is 5.82 Å². The lowest BCUT2D eigenvalue weighted by Gasteiger charge is -2.24. The van der Waals surface area contributed by atoms with Crippen LogP contribution < -0.4 is 10.1 Å². The molecule has 1 unspecified atom stereocenters. The highest BCUT2D eigenvalue weighted by atomic mass is 32.2. The lowest BCUT2D eigenvalue weighted by molar-refractivity contribution is 0.289. The minimum atomic E-state index is -3.48. The molecule has 1 N–H and O–H groups in total. The number of hydrogen-bond acceptors (Lipinski definition) is 6. The quantitative estimate of drug-likeness (QED) is 0.779. The van der Waals surface area contributed by atoms with Crippen molar-refractivity contribution in [2.45, 2.75) is 30.4 Å². The molecule has 1 aliphatic rings. The Kier molecular flexibility index (Phi) is 5.36. The van der Waals surface area contributed by atoms with E-state index in [4.69, 9.17) is 4.74 Å². The average Bonchev–Trinajstić information content (AvgIpc) is 3.23. The van der Waals surface area contributed by atoms with Crippen molar-refractivity contribution in [3.63, 3.8) is 0 Å². The summed E-state index contributed by atoms with van der Waals surface area (Å²) in [5.74, 6) is 1.29. The third kappa shape index (κ3) is 3.83. The first-order valence-corrected chi connectivity index (χ1v) is 9.68. The number of likely N-dealkylation sites (N-methyl/N-ethyl adjacent to an activating group) is 1. The van der Waals surface area contributed by atoms with Crippen molar-refractivity contribution in [3.05, 3.63) is 36.4 Å². The maximum Gasteiger partial charge on any atom is 0.243 e. The fourth-order valence-corrected chi connectivity index (χ4v) is 4.70. The number of rotatable bonds is 7. The molecule has 9 heteroatoms. The highest BCUT2D eigenvalue weighted by Crippen LogP contribution is 2.27. The maximum atomic E-state index is 12.9. The molecule has 2 heterocycles. The third-order valence-electron chi connectivity index (χ3n) is 4.37. The summed E-state index contributed by atoms with van der Waals surface area (Å²) in [6, 6.07) is 6.55. The van der Waals surface area contributed by atoms with E-state index < -0.39 is 10.0 Å². The van der Waals surface area contributed by atoms with Crippen LogP contribution in [0.3, 0.4) is 0 Å². The van der Waals surface area contributed by atoms with Gasteiger partial charge in [-0.15, -0.1) is 0 Å². The van der Waals surface area contributed by atoms with Gasteiger partial charge in [0.1, 0.15) is 18.7 Å². The Bertz CT molecular complexity index is 803. The van der Waals surface area contributed by atoms with E-state index in [2.05, 4.69) is 15.4 Å². The highest BCUT2D eigenvalue weighted by molar-refractivity contribution is 7.89. The van der Waals surface area contributed by atoms with Gasteiger partial charge in [-0.1, -0.05) is 0 Å². The molecule has 0 spiro atoms. The van der Waals surface area contributed by atoms with Crippen LogP contribution in [0.2, 0.25) is 0 Å². The van der Waals surface area contributed by atoms with E-state index in [1.807, 2.05) is 7.05 Å². The van der Waals surface area contributed by atoms with Crippen LogP contribution in [-0.2, 0) is 23.7 Å². The number of nitrogens with zero attached hydrogens (tertiary/aromatic N) is 4. The van der Waals surface area contributed by atoms with Crippen molar-refractivity contribution in [3.8, 4) is 5.75 Å². The number of sulfonamides is 1. The van der Waals surface area contributed by atoms with Gasteiger partial charge in [0.05, 0.1) is 4.90 Å². The standard InChI is InChI=1S/C16H23N5O3S/c1-17-10-13-4-3-9-21(13)25(22,23)15-7-5-14(6-8-15)24-11-16-18-12-19-20(16)2/h5-8,12-13,17H,3-4,9-11H2,1-2H3. The number of nitrogens with one attached hydrogen (secondary N) is 1. The summed E-state index contributed by atoms with van der Waals surface area (Å²) in [5, 5.41) is 7.04. The minimum Gasteiger partial charge on any atom is -0.486 e. The molecule has 0 radical (unpaired) electrons. The predicted octanol–water partition coefficient (Wildman–Crippen LogP) is 0.767. The Labute approximate surface area is 147 Å². The first-order chi connectivity index (χ1) is 12.0. The Balaban J connectivity index is 1.69. The molecule has 1 saturated heterocycles. The van der Waals surface area contributed by atoms with Crippen LogP contribution in [0.15, 0.2) is 35.5 Å². The molecule has 1 aliphatic heterocycles. The van der Waals surface area contributed by atoms with Crippen molar-refractivity contribution in [1.29, 1.82) is 0 Å². The van der Waals surface area contributed by atoms with Crippen molar-refractivity contribution in [1.82, 2.24) is 24.4 Å². The number of benzene rings is 1. The van der Waals surface area contributed by atoms with E-state index in [9.17, 15) is 8.42 Å². The Morgan fingerprint density at radius 1 is 1.32 bits per heavy atom. The van der Waals surface area contributed by atoms with Crippen LogP contribution in [0.1, 0.15) is 18.7 Å². The van der Waals surface area contributed by atoms with E-state index in [1.54, 1.807) is 40.3 Å². The molecule has 25 heavy (non-hydrogen) atoms. The predicted molar refractivity (Wildman–Crippen MR) is 92.6 cm³/mol. The minimum absolute atomic E-state index is 0.0156. The van der Waals surface area contributed by atoms with E-state index in [0.717, 1.165) is 12.8 Å². The summed E-state index contributed by atoms with van der Waals surface area (Å²) < 4.78 is 34.6. The van der Waals surface area contributed by atoms with Crippen molar-refractivity contribution in [2.24, 2.45) is 7.05 Å². The van der Waals surface area contributed by atoms with E-state index in [1.165, 1.54) is 6.33 Å². The molecule has 8 nitrogen and oxygen atoms in total. The Morgan fingerprint density at radius 3 is 2.72 bits per heavy atom. The van der Waals surface area contributed by atoms with Crippen LogP contribution >= 0.6 is 0 Å². The molecule has 1 atom stereocenters. The van der Waals surface area contributed by atoms with Crippen LogP contribution in [0.5, 0.6) is 5.75 Å². The molecule has 0 saturated carbocycles. The smallest absolute Gasteiger partial charge is 0.243 e. The largest absolute Gasteiger partial charge is 0.486 e. The first-order valence-electron chi connectivity index (χ1n) is 8.24. The second kappa shape index (κ2) is 7.51. The van der Waals surface area contributed by atoms with Crippen molar-refractivity contribution < 1.29 is 13.2 Å². The summed E-state index contributed by atoms with van der Waals surface area (Å²) in [6.07, 6.45) is 3.25. The van der Waals surface area contributed by atoms with Crippen molar-refractivity contribution >= 4 is 10.0 Å². The fourth-order valence-electron chi connectivity index (χ4n) is 3.01. The van der Waals surface area contributed by atoms with Gasteiger partial charge in [-0.3, -0.25) is 4.68 Å². The van der Waals surface area contributed by atoms with Gasteiger partial charge in [0, 0.05) is 26.2 Å². The second-order valence-electron chi connectivity index (χ2n) is 6.03. The summed E-state index contributed by atoms with van der Waals surface area (Å²) in [7, 11) is 0.150. The lowest BCUT2D eigenvalue weighted by atomic mass is 10.2. The van der Waals surface area contributed by atoms with E-state index in [-0.39, 0.29) is 12.6 Å². The number of hydrogen-bond donors (Lipinski definition) is 1. The molecule has 2 aromatic rings. The molecule has 0 amide bonds. The van der Waals surface area contributed by atoms with Gasteiger partial charge in [-0.2, -0.15) is 9.40 Å². The first kappa shape index (κ1) is 17.8. The zero-order valence-electron chi connectivity index (χ0n) is 14.4. The summed E-state index contributed by atoms with van der Waals surface area (Å²) in [5.41, 5.74) is 0. The second-order valence-corrected chi connectivity index (χ2v) is 7.92. The molecule has 1 aromatic heterocycles. The van der Waals surface area contributed by atoms with Gasteiger partial charge in [-0.05, 0) is 44.2 Å². The molecule has 0 aliphatic carbocycles. The molecular weight excluding hydrogens is 342 g/mol. The molecular formula is C16H23N5O3S. The number of aryl methyl sites for hydroxylation is 1. The third-order valence-corrected chi connectivity index (χ3v) is 6.33. The van der Waals surface area contributed by atoms with E-state index in [0.29, 0.717) is 29.6 Å². The van der Waals surface area contributed by atoms with Gasteiger partial charge in [0.25, 0.3) is 0 Å². The number of aromatic nitrogens is 3. The summed E-state index contributed by atoms with van der Waals surface area (Å²) in [6.45, 7) is 1.51. The summed E-state index contributed by atoms with van der Waals surface area (Å²) >= 11 is 0. The SMILES string of the molecule is CNCC1CCCN1S(=O)(=O)c1ccc(OCc2ncnn2C)cc1. The monoisotopic (exact) mass is 365 g/mol. The van der Waals surface area contributed by atoms with Gasteiger partial charge in [0.2, 0.25) is 10.0 Å².